The number of rotatable bonds is 8. The number of benzene rings is 2. The van der Waals surface area contributed by atoms with Crippen molar-refractivity contribution in [2.45, 2.75) is 48.3 Å². The number of ketones is 2. The van der Waals surface area contributed by atoms with Gasteiger partial charge < -0.3 is 29.7 Å². The van der Waals surface area contributed by atoms with E-state index in [0.717, 1.165) is 4.90 Å². The summed E-state index contributed by atoms with van der Waals surface area (Å²) in [5.74, 6) is -5.01. The predicted molar refractivity (Wildman–Crippen MR) is 163 cm³/mol. The molecule has 236 valence electrons. The third-order valence-corrected chi connectivity index (χ3v) is 11.3. The third kappa shape index (κ3) is 5.33. The van der Waals surface area contributed by atoms with E-state index in [0.29, 0.717) is 5.56 Å². The van der Waals surface area contributed by atoms with E-state index in [-0.39, 0.29) is 39.8 Å². The highest BCUT2D eigenvalue weighted by molar-refractivity contribution is 7.98. The highest BCUT2D eigenvalue weighted by Gasteiger charge is 2.61. The Labute approximate surface area is 263 Å². The fourth-order valence-electron chi connectivity index (χ4n) is 6.18. The zero-order valence-electron chi connectivity index (χ0n) is 24.4. The predicted octanol–water partition coefficient (Wildman–Crippen LogP) is 3.26. The van der Waals surface area contributed by atoms with Crippen LogP contribution in [0.3, 0.4) is 0 Å². The Morgan fingerprint density at radius 3 is 2.41 bits per heavy atom. The van der Waals surface area contributed by atoms with Crippen LogP contribution < -0.4 is 19.5 Å². The van der Waals surface area contributed by atoms with E-state index < -0.39 is 80.6 Å². The first-order chi connectivity index (χ1) is 20.8. The van der Waals surface area contributed by atoms with Crippen LogP contribution in [0.15, 0.2) is 46.6 Å². The Hall–Kier alpha value is -3.26. The second kappa shape index (κ2) is 11.9. The molecule has 2 aromatic rings. The monoisotopic (exact) mass is 665 g/mol. The summed E-state index contributed by atoms with van der Waals surface area (Å²) in [6.07, 6.45) is 0.0176. The van der Waals surface area contributed by atoms with Crippen LogP contribution in [0.4, 0.5) is 0 Å². The normalized spacial score (nSPS) is 26.4. The Morgan fingerprint density at radius 2 is 1.84 bits per heavy atom. The number of fused-ring (bicyclic) bond motifs is 1. The molecule has 0 aromatic heterocycles. The molecule has 11 nitrogen and oxygen atoms in total. The largest absolute Gasteiger partial charge is 0.507 e. The van der Waals surface area contributed by atoms with E-state index in [2.05, 4.69) is 5.32 Å². The first-order valence-corrected chi connectivity index (χ1v) is 17.2. The quantitative estimate of drug-likeness (QED) is 0.354. The number of carbonyl (C=O) groups excluding carboxylic acids is 3. The van der Waals surface area contributed by atoms with Crippen LogP contribution in [-0.2, 0) is 19.4 Å². The van der Waals surface area contributed by atoms with Gasteiger partial charge in [0.2, 0.25) is 17.3 Å². The lowest BCUT2D eigenvalue weighted by Gasteiger charge is -2.38. The average molecular weight is 666 g/mol. The van der Waals surface area contributed by atoms with Crippen LogP contribution >= 0.6 is 23.4 Å². The summed E-state index contributed by atoms with van der Waals surface area (Å²) in [5.41, 5.74) is -1.74. The lowest BCUT2D eigenvalue weighted by atomic mass is 9.69. The highest BCUT2D eigenvalue weighted by Crippen LogP contribution is 2.55. The van der Waals surface area contributed by atoms with Crippen molar-refractivity contribution in [3.05, 3.63) is 57.8 Å². The van der Waals surface area contributed by atoms with Crippen LogP contribution in [0.2, 0.25) is 5.02 Å². The number of aliphatic hydroxyl groups is 2. The number of hydrogen-bond donors (Lipinski definition) is 3. The third-order valence-electron chi connectivity index (χ3n) is 8.44. The molecule has 5 atom stereocenters. The van der Waals surface area contributed by atoms with Gasteiger partial charge in [-0.2, -0.15) is 0 Å². The molecule has 3 N–H and O–H groups in total. The smallest absolute Gasteiger partial charge is 0.231 e. The summed E-state index contributed by atoms with van der Waals surface area (Å²) < 4.78 is 41.0. The Balaban J connectivity index is 1.62. The molecule has 1 aliphatic carbocycles. The summed E-state index contributed by atoms with van der Waals surface area (Å²) in [7, 11) is -0.799. The van der Waals surface area contributed by atoms with Crippen molar-refractivity contribution in [3.8, 4) is 17.2 Å². The summed E-state index contributed by atoms with van der Waals surface area (Å²) in [5, 5.41) is 24.7. The molecule has 14 heteroatoms. The van der Waals surface area contributed by atoms with Crippen molar-refractivity contribution >= 4 is 50.7 Å². The van der Waals surface area contributed by atoms with Crippen molar-refractivity contribution in [1.82, 2.24) is 5.32 Å². The number of halogens is 1. The summed E-state index contributed by atoms with van der Waals surface area (Å²) in [4.78, 5) is 42.2. The molecule has 0 saturated carbocycles. The molecule has 2 aromatic carbocycles. The van der Waals surface area contributed by atoms with Crippen molar-refractivity contribution in [1.29, 1.82) is 0 Å². The fourth-order valence-corrected chi connectivity index (χ4v) is 8.59. The van der Waals surface area contributed by atoms with Crippen molar-refractivity contribution in [2.75, 3.05) is 32.0 Å². The molecular weight excluding hydrogens is 634 g/mol. The van der Waals surface area contributed by atoms with E-state index in [1.807, 2.05) is 6.26 Å². The molecule has 5 rings (SSSR count). The minimum absolute atomic E-state index is 0.0133. The van der Waals surface area contributed by atoms with Gasteiger partial charge in [-0.05, 0) is 24.0 Å². The number of nitrogens with one attached hydrogen (secondary N) is 1. The van der Waals surface area contributed by atoms with Gasteiger partial charge in [-0.25, -0.2) is 8.42 Å². The second-order valence-electron chi connectivity index (χ2n) is 11.1. The maximum atomic E-state index is 14.2. The molecule has 1 saturated heterocycles. The number of ether oxygens (including phenoxy) is 3. The van der Waals surface area contributed by atoms with E-state index in [4.69, 9.17) is 25.8 Å². The number of thioether (sulfide) groups is 1. The van der Waals surface area contributed by atoms with Crippen LogP contribution in [0.25, 0.3) is 0 Å². The zero-order chi connectivity index (χ0) is 32.1. The van der Waals surface area contributed by atoms with E-state index in [9.17, 15) is 33.0 Å². The number of Topliss-reactive ketones (excluding diaryl/α,β-unsaturated/α-hetero) is 2. The molecule has 1 unspecified atom stereocenters. The first kappa shape index (κ1) is 32.1. The number of sulfone groups is 1. The number of amides is 1. The Kier molecular flexibility index (Phi) is 8.71. The number of carbonyl (C=O) groups is 3. The molecule has 3 aliphatic rings. The molecule has 2 aliphatic heterocycles. The topological polar surface area (TPSA) is 166 Å². The van der Waals surface area contributed by atoms with Gasteiger partial charge in [0.25, 0.3) is 0 Å². The van der Waals surface area contributed by atoms with Crippen molar-refractivity contribution in [2.24, 2.45) is 5.92 Å². The molecule has 2 heterocycles. The number of allylic oxidation sites excluding steroid dienone is 1. The molecule has 1 spiro atoms. The van der Waals surface area contributed by atoms with Crippen molar-refractivity contribution < 1.29 is 47.2 Å². The minimum Gasteiger partial charge on any atom is -0.507 e. The van der Waals surface area contributed by atoms with Crippen LogP contribution in [0, 0.1) is 5.92 Å². The number of aliphatic hydroxyl groups excluding tert-OH is 2. The maximum Gasteiger partial charge on any atom is 0.231 e. The number of methoxy groups -OCH3 is 2. The molecule has 1 amide bonds. The van der Waals surface area contributed by atoms with Gasteiger partial charge in [0, 0.05) is 41.2 Å². The average Bonchev–Trinajstić information content (AvgIpc) is 3.43. The van der Waals surface area contributed by atoms with Gasteiger partial charge >= 0.3 is 0 Å². The lowest BCUT2D eigenvalue weighted by Crippen LogP contribution is -2.53. The summed E-state index contributed by atoms with van der Waals surface area (Å²) >= 11 is 8.03. The Morgan fingerprint density at radius 1 is 1.18 bits per heavy atom. The van der Waals surface area contributed by atoms with Gasteiger partial charge in [-0.3, -0.25) is 14.4 Å². The van der Waals surface area contributed by atoms with Crippen LogP contribution in [-0.4, -0.2) is 85.8 Å². The summed E-state index contributed by atoms with van der Waals surface area (Å²) in [6, 6.07) is 7.43. The van der Waals surface area contributed by atoms with Crippen LogP contribution in [0.5, 0.6) is 17.2 Å². The Bertz CT molecular complexity index is 1670. The lowest BCUT2D eigenvalue weighted by molar-refractivity contribution is -0.122. The molecule has 0 radical (unpaired) electrons. The van der Waals surface area contributed by atoms with Gasteiger partial charge in [0.15, 0.2) is 27.1 Å². The van der Waals surface area contributed by atoms with Gasteiger partial charge in [-0.15, -0.1) is 11.8 Å². The minimum atomic E-state index is -3.54. The molecule has 1 fully saturated rings. The number of hydrogen-bond acceptors (Lipinski definition) is 11. The molecule has 0 bridgehead atoms. The fraction of sp³-hybridized carbons (Fsp3) is 0.433. The molecular formula is C30H32ClNO10S2. The van der Waals surface area contributed by atoms with Gasteiger partial charge in [-0.1, -0.05) is 30.7 Å². The SMILES string of the molecule is COc1cc(OC)c2c(c1Cl)O[C@]1(C2=O)C(O)=C(C(CC(=O)N[C@H]2CS(=O)(=O)C[C@H]2O)c2ccc(SC)cc2)C(=O)C[C@H]1C. The maximum absolute atomic E-state index is 14.2. The van der Waals surface area contributed by atoms with E-state index in [1.165, 1.54) is 32.0 Å². The van der Waals surface area contributed by atoms with E-state index >= 15 is 0 Å². The van der Waals surface area contributed by atoms with E-state index in [1.54, 1.807) is 31.2 Å². The summed E-state index contributed by atoms with van der Waals surface area (Å²) in [6.45, 7) is 1.60. The standard InChI is InChI=1S/C30H32ClNO10S2/c1-14-9-19(33)24(28(36)30(14)29(37)25-21(40-2)11-22(41-3)26(31)27(25)42-30)17(15-5-7-16(43-4)8-6-15)10-23(35)32-18-12-44(38,39)13-20(18)34/h5-8,11,14,17-18,20,34,36H,9-10,12-13H2,1-4H3,(H,32,35)/t14-,17?,18+,20-,30+/m1/s1. The first-order valence-electron chi connectivity index (χ1n) is 13.7. The van der Waals surface area contributed by atoms with Crippen LogP contribution in [0.1, 0.15) is 41.6 Å². The molecule has 44 heavy (non-hydrogen) atoms. The highest BCUT2D eigenvalue weighted by atomic mass is 35.5. The van der Waals surface area contributed by atoms with Gasteiger partial charge in [0.05, 0.1) is 37.9 Å². The zero-order valence-corrected chi connectivity index (χ0v) is 26.8. The second-order valence-corrected chi connectivity index (χ2v) is 14.5. The van der Waals surface area contributed by atoms with Crippen molar-refractivity contribution in [3.63, 3.8) is 0 Å². The van der Waals surface area contributed by atoms with Gasteiger partial charge in [0.1, 0.15) is 22.1 Å².